The summed E-state index contributed by atoms with van der Waals surface area (Å²) < 4.78 is 0. The lowest BCUT2D eigenvalue weighted by Crippen LogP contribution is -1.90. The molecule has 0 aliphatic rings. The van der Waals surface area contributed by atoms with E-state index in [-0.39, 0.29) is 0 Å². The zero-order chi connectivity index (χ0) is 14.7. The quantitative estimate of drug-likeness (QED) is 0.584. The summed E-state index contributed by atoms with van der Waals surface area (Å²) in [7, 11) is 0. The molecule has 0 heteroatoms. The number of aryl methyl sites for hydroxylation is 2. The Morgan fingerprint density at radius 3 is 1.62 bits per heavy atom. The van der Waals surface area contributed by atoms with Gasteiger partial charge in [0.05, 0.1) is 0 Å². The van der Waals surface area contributed by atoms with E-state index in [2.05, 4.69) is 74.5 Å². The lowest BCUT2D eigenvalue weighted by molar-refractivity contribution is 1.12. The minimum Gasteiger partial charge on any atom is -0.0613 e. The zero-order valence-corrected chi connectivity index (χ0v) is 12.9. The predicted molar refractivity (Wildman–Crippen MR) is 92.0 cm³/mol. The standard InChI is InChI=1S/C21H22/c1-3-16-5-7-18(8-6-16)13-19-10-12-20-14-17(4-2)9-11-21(20)15-19/h5-12,14-15H,3-4,13H2,1-2H3. The predicted octanol–water partition coefficient (Wildman–Crippen LogP) is 5.56. The average molecular weight is 274 g/mol. The van der Waals surface area contributed by atoms with E-state index in [9.17, 15) is 0 Å². The molecular formula is C21H22. The molecule has 0 bridgehead atoms. The van der Waals surface area contributed by atoms with E-state index in [4.69, 9.17) is 0 Å². The van der Waals surface area contributed by atoms with Crippen molar-refractivity contribution in [2.75, 3.05) is 0 Å². The molecule has 21 heavy (non-hydrogen) atoms. The van der Waals surface area contributed by atoms with Gasteiger partial charge in [-0.25, -0.2) is 0 Å². The molecule has 106 valence electrons. The maximum absolute atomic E-state index is 2.32. The first-order valence-electron chi connectivity index (χ1n) is 7.88. The van der Waals surface area contributed by atoms with Crippen LogP contribution in [0, 0.1) is 0 Å². The molecule has 3 rings (SSSR count). The van der Waals surface area contributed by atoms with Crippen LogP contribution in [0.5, 0.6) is 0 Å². The van der Waals surface area contributed by atoms with Crippen LogP contribution in [0.3, 0.4) is 0 Å². The Morgan fingerprint density at radius 2 is 1.00 bits per heavy atom. The van der Waals surface area contributed by atoms with Crippen LogP contribution in [0.25, 0.3) is 10.8 Å². The highest BCUT2D eigenvalue weighted by Crippen LogP contribution is 2.20. The molecule has 0 heterocycles. The van der Waals surface area contributed by atoms with Crippen molar-refractivity contribution in [2.24, 2.45) is 0 Å². The second-order valence-corrected chi connectivity index (χ2v) is 5.72. The summed E-state index contributed by atoms with van der Waals surface area (Å²) in [5.74, 6) is 0. The summed E-state index contributed by atoms with van der Waals surface area (Å²) in [5, 5.41) is 2.69. The van der Waals surface area contributed by atoms with Crippen LogP contribution in [-0.2, 0) is 19.3 Å². The van der Waals surface area contributed by atoms with Crippen LogP contribution in [0.2, 0.25) is 0 Å². The lowest BCUT2D eigenvalue weighted by Gasteiger charge is -2.06. The molecular weight excluding hydrogens is 252 g/mol. The summed E-state index contributed by atoms with van der Waals surface area (Å²) in [5.41, 5.74) is 5.59. The van der Waals surface area contributed by atoms with E-state index in [1.807, 2.05) is 0 Å². The molecule has 0 N–H and O–H groups in total. The molecule has 0 nitrogen and oxygen atoms in total. The first-order chi connectivity index (χ1) is 10.3. The molecule has 0 spiro atoms. The molecule has 0 saturated heterocycles. The third kappa shape index (κ3) is 3.16. The fraction of sp³-hybridized carbons (Fsp3) is 0.238. The van der Waals surface area contributed by atoms with Gasteiger partial charge in [0.2, 0.25) is 0 Å². The summed E-state index contributed by atoms with van der Waals surface area (Å²) in [4.78, 5) is 0. The second kappa shape index (κ2) is 6.13. The Balaban J connectivity index is 1.86. The van der Waals surface area contributed by atoms with E-state index in [0.29, 0.717) is 0 Å². The highest BCUT2D eigenvalue weighted by atomic mass is 14.1. The first-order valence-corrected chi connectivity index (χ1v) is 7.88. The van der Waals surface area contributed by atoms with E-state index >= 15 is 0 Å². The molecule has 0 aromatic heterocycles. The Labute approximate surface area is 127 Å². The number of hydrogen-bond acceptors (Lipinski definition) is 0. The normalized spacial score (nSPS) is 11.0. The largest absolute Gasteiger partial charge is 0.0613 e. The van der Waals surface area contributed by atoms with E-state index in [1.165, 1.54) is 33.0 Å². The number of rotatable bonds is 4. The van der Waals surface area contributed by atoms with Crippen molar-refractivity contribution in [3.8, 4) is 0 Å². The molecule has 0 aliphatic heterocycles. The van der Waals surface area contributed by atoms with Gasteiger partial charge in [-0.3, -0.25) is 0 Å². The minimum absolute atomic E-state index is 1.01. The number of benzene rings is 3. The van der Waals surface area contributed by atoms with Gasteiger partial charge in [0.1, 0.15) is 0 Å². The van der Waals surface area contributed by atoms with Crippen LogP contribution in [0.15, 0.2) is 60.7 Å². The molecule has 0 aliphatic carbocycles. The maximum atomic E-state index is 2.32. The molecule has 0 amide bonds. The highest BCUT2D eigenvalue weighted by Gasteiger charge is 2.00. The van der Waals surface area contributed by atoms with Crippen molar-refractivity contribution in [1.29, 1.82) is 0 Å². The topological polar surface area (TPSA) is 0 Å². The van der Waals surface area contributed by atoms with Gasteiger partial charge in [0, 0.05) is 0 Å². The van der Waals surface area contributed by atoms with Crippen LogP contribution in [0.4, 0.5) is 0 Å². The van der Waals surface area contributed by atoms with Crippen molar-refractivity contribution in [1.82, 2.24) is 0 Å². The molecule has 0 unspecified atom stereocenters. The molecule has 3 aromatic carbocycles. The van der Waals surface area contributed by atoms with Gasteiger partial charge in [0.25, 0.3) is 0 Å². The average Bonchev–Trinajstić information content (AvgIpc) is 2.55. The van der Waals surface area contributed by atoms with Crippen molar-refractivity contribution < 1.29 is 0 Å². The smallest absolute Gasteiger partial charge is 0.00255 e. The molecule has 0 saturated carbocycles. The Hall–Kier alpha value is -2.08. The summed E-state index contributed by atoms with van der Waals surface area (Å²) in [6.45, 7) is 4.40. The summed E-state index contributed by atoms with van der Waals surface area (Å²) in [6.07, 6.45) is 3.22. The molecule has 3 aromatic rings. The van der Waals surface area contributed by atoms with Crippen LogP contribution in [-0.4, -0.2) is 0 Å². The van der Waals surface area contributed by atoms with Crippen molar-refractivity contribution in [2.45, 2.75) is 33.1 Å². The third-order valence-corrected chi connectivity index (χ3v) is 4.22. The summed E-state index contributed by atoms with van der Waals surface area (Å²) in [6, 6.07) is 22.6. The number of hydrogen-bond donors (Lipinski definition) is 0. The van der Waals surface area contributed by atoms with Gasteiger partial charge in [0.15, 0.2) is 0 Å². The molecule has 0 radical (unpaired) electrons. The fourth-order valence-corrected chi connectivity index (χ4v) is 2.80. The monoisotopic (exact) mass is 274 g/mol. The molecule has 0 atom stereocenters. The number of fused-ring (bicyclic) bond motifs is 1. The Bertz CT molecular complexity index is 736. The van der Waals surface area contributed by atoms with Gasteiger partial charge in [-0.15, -0.1) is 0 Å². The zero-order valence-electron chi connectivity index (χ0n) is 12.9. The van der Waals surface area contributed by atoms with Gasteiger partial charge in [-0.2, -0.15) is 0 Å². The van der Waals surface area contributed by atoms with Gasteiger partial charge >= 0.3 is 0 Å². The fourth-order valence-electron chi connectivity index (χ4n) is 2.80. The second-order valence-electron chi connectivity index (χ2n) is 5.72. The Kier molecular flexibility index (Phi) is 4.06. The highest BCUT2D eigenvalue weighted by molar-refractivity contribution is 5.83. The first kappa shape index (κ1) is 13.9. The van der Waals surface area contributed by atoms with Crippen molar-refractivity contribution in [3.05, 3.63) is 82.9 Å². The van der Waals surface area contributed by atoms with Gasteiger partial charge < -0.3 is 0 Å². The SMILES string of the molecule is CCc1ccc(Cc2ccc3cc(CC)ccc3c2)cc1. The van der Waals surface area contributed by atoms with Crippen LogP contribution in [0.1, 0.15) is 36.1 Å². The van der Waals surface area contributed by atoms with Gasteiger partial charge in [-0.1, -0.05) is 74.5 Å². The maximum Gasteiger partial charge on any atom is -0.00255 e. The minimum atomic E-state index is 1.01. The van der Waals surface area contributed by atoms with E-state index < -0.39 is 0 Å². The Morgan fingerprint density at radius 1 is 0.524 bits per heavy atom. The van der Waals surface area contributed by atoms with Crippen LogP contribution < -0.4 is 0 Å². The van der Waals surface area contributed by atoms with E-state index in [0.717, 1.165) is 19.3 Å². The van der Waals surface area contributed by atoms with Crippen molar-refractivity contribution >= 4 is 10.8 Å². The molecule has 0 fully saturated rings. The third-order valence-electron chi connectivity index (χ3n) is 4.22. The van der Waals surface area contributed by atoms with Gasteiger partial charge in [-0.05, 0) is 52.3 Å². The van der Waals surface area contributed by atoms with Crippen LogP contribution >= 0.6 is 0 Å². The van der Waals surface area contributed by atoms with E-state index in [1.54, 1.807) is 0 Å². The van der Waals surface area contributed by atoms with Crippen molar-refractivity contribution in [3.63, 3.8) is 0 Å². The summed E-state index contributed by atoms with van der Waals surface area (Å²) >= 11 is 0. The lowest BCUT2D eigenvalue weighted by atomic mass is 9.99.